The second kappa shape index (κ2) is 17.7. The van der Waals surface area contributed by atoms with E-state index in [1.807, 2.05) is 75.4 Å². The Morgan fingerprint density at radius 2 is 1.50 bits per heavy atom. The van der Waals surface area contributed by atoms with Crippen molar-refractivity contribution in [2.45, 2.75) is 71.0 Å². The molecule has 3 atom stereocenters. The largest absolute Gasteiger partial charge is 0.448 e. The molecule has 0 bridgehead atoms. The maximum Gasteiger partial charge on any atom is 0.410 e. The first-order chi connectivity index (χ1) is 26.0. The average Bonchev–Trinajstić information content (AvgIpc) is 3.72. The Morgan fingerprint density at radius 3 is 2.15 bits per heavy atom. The smallest absolute Gasteiger partial charge is 0.410 e. The molecule has 6 rings (SSSR count). The number of nitrogens with zero attached hydrogens (tertiary/aromatic N) is 2. The van der Waals surface area contributed by atoms with Crippen LogP contribution in [0.15, 0.2) is 97.1 Å². The summed E-state index contributed by atoms with van der Waals surface area (Å²) in [6.07, 6.45) is 0.825. The molecule has 54 heavy (non-hydrogen) atoms. The van der Waals surface area contributed by atoms with Gasteiger partial charge in [0.1, 0.15) is 18.7 Å². The maximum atomic E-state index is 14.8. The second-order valence-corrected chi connectivity index (χ2v) is 15.7. The fraction of sp³-hybridized carbons (Fsp3) is 0.364. The number of likely N-dealkylation sites (tertiary alicyclic amines) is 1. The van der Waals surface area contributed by atoms with Crippen molar-refractivity contribution in [3.8, 4) is 11.1 Å². The van der Waals surface area contributed by atoms with Crippen LogP contribution in [0.4, 0.5) is 4.79 Å². The van der Waals surface area contributed by atoms with E-state index in [2.05, 4.69) is 29.6 Å². The first-order valence-corrected chi connectivity index (χ1v) is 19.4. The van der Waals surface area contributed by atoms with E-state index >= 15 is 0 Å². The molecule has 4 aromatic rings. The number of halogens is 2. The normalized spacial score (nSPS) is 16.8. The van der Waals surface area contributed by atoms with Crippen LogP contribution in [-0.4, -0.2) is 65.3 Å². The zero-order chi connectivity index (χ0) is 38.4. The summed E-state index contributed by atoms with van der Waals surface area (Å²) in [5.41, 5.74) is 6.18. The summed E-state index contributed by atoms with van der Waals surface area (Å²) < 4.78 is 6.03. The van der Waals surface area contributed by atoms with Gasteiger partial charge in [0.25, 0.3) is 0 Å². The Morgan fingerprint density at radius 1 is 0.852 bits per heavy atom. The third-order valence-corrected chi connectivity index (χ3v) is 11.1. The van der Waals surface area contributed by atoms with E-state index in [-0.39, 0.29) is 49.7 Å². The van der Waals surface area contributed by atoms with Crippen molar-refractivity contribution in [1.29, 1.82) is 0 Å². The number of hydrogen-bond donors (Lipinski definition) is 1. The number of nitrogens with one attached hydrogen (secondary N) is 1. The van der Waals surface area contributed by atoms with Crippen LogP contribution in [-0.2, 0) is 32.1 Å². The molecular formula is C44H47Cl2N3O5. The molecular weight excluding hydrogens is 721 g/mol. The number of amides is 3. The number of benzene rings is 4. The van der Waals surface area contributed by atoms with E-state index in [0.29, 0.717) is 35.9 Å². The summed E-state index contributed by atoms with van der Waals surface area (Å²) in [6.45, 7) is 6.27. The molecule has 2 aliphatic rings. The minimum atomic E-state index is -0.957. The minimum absolute atomic E-state index is 0.00194. The number of carbonyl (C=O) groups excluding carboxylic acids is 4. The molecule has 4 aromatic carbocycles. The van der Waals surface area contributed by atoms with Gasteiger partial charge in [-0.1, -0.05) is 129 Å². The maximum absolute atomic E-state index is 14.8. The molecule has 0 saturated carbocycles. The number of rotatable bonds is 14. The topological polar surface area (TPSA) is 96.0 Å². The SMILES string of the molecule is CC(C)C[C@H](C(=O)NCc1ccc(Cl)c(Cl)c1)N(CC(=O)CCc1ccccc1)C(=O)[C@@H]1C[C@@H](C)CN1C(=O)OCC1c2ccccc2-c2ccccc21. The van der Waals surface area contributed by atoms with Gasteiger partial charge in [0, 0.05) is 25.4 Å². The third-order valence-electron chi connectivity index (χ3n) is 10.4. The molecule has 10 heteroatoms. The fourth-order valence-electron chi connectivity index (χ4n) is 7.67. The molecule has 1 N–H and O–H groups in total. The van der Waals surface area contributed by atoms with Gasteiger partial charge in [-0.05, 0) is 76.6 Å². The van der Waals surface area contributed by atoms with Crippen molar-refractivity contribution >= 4 is 46.9 Å². The molecule has 0 aromatic heterocycles. The molecule has 3 amide bonds. The van der Waals surface area contributed by atoms with Crippen LogP contribution in [0, 0.1) is 11.8 Å². The molecule has 0 spiro atoms. The lowest BCUT2D eigenvalue weighted by Gasteiger charge is -2.35. The van der Waals surface area contributed by atoms with Crippen LogP contribution in [0.5, 0.6) is 0 Å². The summed E-state index contributed by atoms with van der Waals surface area (Å²) in [6, 6.07) is 29.2. The van der Waals surface area contributed by atoms with Crippen molar-refractivity contribution in [3.63, 3.8) is 0 Å². The summed E-state index contributed by atoms with van der Waals surface area (Å²) in [5.74, 6) is -1.11. The zero-order valence-electron chi connectivity index (χ0n) is 31.0. The van der Waals surface area contributed by atoms with Crippen LogP contribution in [0.3, 0.4) is 0 Å². The number of fused-ring (bicyclic) bond motifs is 3. The van der Waals surface area contributed by atoms with Crippen LogP contribution >= 0.6 is 23.2 Å². The van der Waals surface area contributed by atoms with Gasteiger partial charge >= 0.3 is 6.09 Å². The van der Waals surface area contributed by atoms with Crippen LogP contribution in [0.25, 0.3) is 11.1 Å². The number of carbonyl (C=O) groups is 4. The molecule has 0 unspecified atom stereocenters. The van der Waals surface area contributed by atoms with E-state index in [0.717, 1.165) is 33.4 Å². The summed E-state index contributed by atoms with van der Waals surface area (Å²) in [7, 11) is 0. The lowest BCUT2D eigenvalue weighted by molar-refractivity contribution is -0.146. The molecule has 282 valence electrons. The Hall–Kier alpha value is -4.66. The van der Waals surface area contributed by atoms with Gasteiger partial charge in [-0.15, -0.1) is 0 Å². The Balaban J connectivity index is 1.23. The fourth-order valence-corrected chi connectivity index (χ4v) is 7.99. The Kier molecular flexibility index (Phi) is 12.8. The van der Waals surface area contributed by atoms with Gasteiger partial charge < -0.3 is 15.0 Å². The quantitative estimate of drug-likeness (QED) is 0.139. The number of ketones is 1. The highest BCUT2D eigenvalue weighted by molar-refractivity contribution is 6.42. The number of hydrogen-bond acceptors (Lipinski definition) is 5. The van der Waals surface area contributed by atoms with E-state index in [9.17, 15) is 19.2 Å². The Labute approximate surface area is 327 Å². The number of aryl methyl sites for hydroxylation is 1. The van der Waals surface area contributed by atoms with Crippen LogP contribution < -0.4 is 5.32 Å². The highest BCUT2D eigenvalue weighted by atomic mass is 35.5. The molecule has 0 radical (unpaired) electrons. The van der Waals surface area contributed by atoms with E-state index in [1.165, 1.54) is 9.80 Å². The van der Waals surface area contributed by atoms with Crippen molar-refractivity contribution in [3.05, 3.63) is 129 Å². The molecule has 1 fully saturated rings. The predicted octanol–water partition coefficient (Wildman–Crippen LogP) is 8.71. The standard InChI is InChI=1S/C44H47Cl2N3O5/c1-28(2)21-40(42(51)47-24-31-18-20-38(45)39(46)23-31)48(26-32(50)19-17-30-11-5-4-6-12-30)43(52)41-22-29(3)25-49(41)44(53)54-27-37-35-15-9-7-13-33(35)34-14-8-10-16-36(34)37/h4-16,18,20,23,28-29,37,40-41H,17,19,21-22,24-27H2,1-3H3,(H,47,51)/t29-,40-,41+/m1/s1. The van der Waals surface area contributed by atoms with Crippen molar-refractivity contribution < 1.29 is 23.9 Å². The van der Waals surface area contributed by atoms with Gasteiger partial charge in [0.05, 0.1) is 16.6 Å². The highest BCUT2D eigenvalue weighted by Crippen LogP contribution is 2.44. The molecule has 1 aliphatic carbocycles. The third kappa shape index (κ3) is 9.16. The molecule has 8 nitrogen and oxygen atoms in total. The van der Waals surface area contributed by atoms with Gasteiger partial charge in [0.2, 0.25) is 11.8 Å². The van der Waals surface area contributed by atoms with Gasteiger partial charge in [-0.3, -0.25) is 19.3 Å². The molecule has 1 heterocycles. The van der Waals surface area contributed by atoms with Gasteiger partial charge in [-0.2, -0.15) is 0 Å². The van der Waals surface area contributed by atoms with E-state index < -0.39 is 30.0 Å². The summed E-state index contributed by atoms with van der Waals surface area (Å²) >= 11 is 12.3. The lowest BCUT2D eigenvalue weighted by atomic mass is 9.98. The molecule has 1 aliphatic heterocycles. The van der Waals surface area contributed by atoms with Crippen molar-refractivity contribution in [2.24, 2.45) is 11.8 Å². The van der Waals surface area contributed by atoms with Crippen LogP contribution in [0.2, 0.25) is 10.0 Å². The minimum Gasteiger partial charge on any atom is -0.448 e. The lowest BCUT2D eigenvalue weighted by Crippen LogP contribution is -2.57. The van der Waals surface area contributed by atoms with E-state index in [4.69, 9.17) is 27.9 Å². The predicted molar refractivity (Wildman–Crippen MR) is 212 cm³/mol. The highest BCUT2D eigenvalue weighted by Gasteiger charge is 2.44. The average molecular weight is 769 g/mol. The van der Waals surface area contributed by atoms with Gasteiger partial charge in [-0.25, -0.2) is 4.79 Å². The summed E-state index contributed by atoms with van der Waals surface area (Å²) in [5, 5.41) is 3.74. The monoisotopic (exact) mass is 767 g/mol. The second-order valence-electron chi connectivity index (χ2n) is 14.9. The van der Waals surface area contributed by atoms with Crippen molar-refractivity contribution in [1.82, 2.24) is 15.1 Å². The summed E-state index contributed by atoms with van der Waals surface area (Å²) in [4.78, 5) is 59.4. The number of Topliss-reactive ketones (excluding diaryl/α,β-unsaturated/α-hetero) is 1. The van der Waals surface area contributed by atoms with Crippen molar-refractivity contribution in [2.75, 3.05) is 19.7 Å². The van der Waals surface area contributed by atoms with Crippen LogP contribution in [0.1, 0.15) is 68.2 Å². The number of ether oxygens (including phenoxy) is 1. The van der Waals surface area contributed by atoms with Gasteiger partial charge in [0.15, 0.2) is 5.78 Å². The first-order valence-electron chi connectivity index (χ1n) is 18.7. The zero-order valence-corrected chi connectivity index (χ0v) is 32.5. The molecule has 1 saturated heterocycles. The Bertz CT molecular complexity index is 1940. The van der Waals surface area contributed by atoms with E-state index in [1.54, 1.807) is 18.2 Å². The first kappa shape index (κ1) is 39.0.